The second-order valence-corrected chi connectivity index (χ2v) is 13.6. The summed E-state index contributed by atoms with van der Waals surface area (Å²) in [6.07, 6.45) is 5.94. The van der Waals surface area contributed by atoms with E-state index in [4.69, 9.17) is 4.74 Å². The molecular weight excluding hydrogens is 621 g/mol. The monoisotopic (exact) mass is 667 g/mol. The van der Waals surface area contributed by atoms with Crippen LogP contribution in [-0.2, 0) is 6.42 Å². The fourth-order valence-electron chi connectivity index (χ4n) is 6.95. The Hall–Kier alpha value is -4.61. The van der Waals surface area contributed by atoms with E-state index >= 15 is 0 Å². The average molecular weight is 668 g/mol. The predicted molar refractivity (Wildman–Crippen MR) is 187 cm³/mol. The third kappa shape index (κ3) is 9.30. The zero-order valence-electron chi connectivity index (χ0n) is 28.5. The topological polar surface area (TPSA) is 124 Å². The Bertz CT molecular complexity index is 1730. The van der Waals surface area contributed by atoms with Crippen LogP contribution in [0.5, 0.6) is 11.6 Å². The lowest BCUT2D eigenvalue weighted by atomic mass is 9.91. The van der Waals surface area contributed by atoms with Crippen molar-refractivity contribution in [3.63, 3.8) is 0 Å². The molecule has 2 aliphatic rings. The molecule has 4 N–H and O–H groups in total. The summed E-state index contributed by atoms with van der Waals surface area (Å²) >= 11 is 0. The number of benzene rings is 2. The van der Waals surface area contributed by atoms with Crippen molar-refractivity contribution in [2.75, 3.05) is 19.6 Å². The van der Waals surface area contributed by atoms with Crippen molar-refractivity contribution in [1.82, 2.24) is 36.0 Å². The van der Waals surface area contributed by atoms with Gasteiger partial charge in [0.25, 0.3) is 11.8 Å². The summed E-state index contributed by atoms with van der Waals surface area (Å²) in [4.78, 5) is 32.5. The molecule has 2 fully saturated rings. The van der Waals surface area contributed by atoms with Crippen molar-refractivity contribution in [2.45, 2.75) is 83.5 Å². The van der Waals surface area contributed by atoms with Crippen LogP contribution in [0.15, 0.2) is 66.9 Å². The van der Waals surface area contributed by atoms with Crippen LogP contribution in [0.2, 0.25) is 0 Å². The molecule has 2 atom stereocenters. The Kier molecular flexibility index (Phi) is 11.0. The summed E-state index contributed by atoms with van der Waals surface area (Å²) < 4.78 is 20.4. The number of ether oxygens (including phenoxy) is 1. The van der Waals surface area contributed by atoms with Crippen molar-refractivity contribution >= 4 is 11.8 Å². The van der Waals surface area contributed by atoms with Gasteiger partial charge in [-0.3, -0.25) is 14.7 Å². The number of aromatic amines is 1. The fraction of sp³-hybridized carbons (Fsp3) is 0.421. The third-order valence-corrected chi connectivity index (χ3v) is 9.31. The van der Waals surface area contributed by atoms with E-state index < -0.39 is 11.7 Å². The lowest BCUT2D eigenvalue weighted by molar-refractivity contribution is 0.0887. The first kappa shape index (κ1) is 34.3. The van der Waals surface area contributed by atoms with Crippen LogP contribution in [0, 0.1) is 12.7 Å². The number of nitrogens with one attached hydrogen (secondary N) is 4. The van der Waals surface area contributed by atoms with Crippen molar-refractivity contribution in [1.29, 1.82) is 0 Å². The van der Waals surface area contributed by atoms with Gasteiger partial charge in [0.1, 0.15) is 22.8 Å². The molecule has 0 spiro atoms. The first-order valence-corrected chi connectivity index (χ1v) is 17.3. The minimum atomic E-state index is -0.622. The van der Waals surface area contributed by atoms with Crippen LogP contribution in [0.3, 0.4) is 0 Å². The van der Waals surface area contributed by atoms with Crippen molar-refractivity contribution in [2.24, 2.45) is 0 Å². The Labute approximate surface area is 287 Å². The van der Waals surface area contributed by atoms with Crippen molar-refractivity contribution < 1.29 is 18.7 Å². The molecule has 1 saturated heterocycles. The maximum absolute atomic E-state index is 14.3. The summed E-state index contributed by atoms with van der Waals surface area (Å²) in [7, 11) is 0. The predicted octanol–water partition coefficient (Wildman–Crippen LogP) is 5.80. The number of aryl methyl sites for hydroxylation is 2. The highest BCUT2D eigenvalue weighted by Gasteiger charge is 2.26. The van der Waals surface area contributed by atoms with Gasteiger partial charge >= 0.3 is 0 Å². The number of carbonyl (C=O) groups is 2. The largest absolute Gasteiger partial charge is 0.438 e. The SMILES string of the molecule is Cc1cc(C(=O)NC2CCC(NC(=O)c3cc(F)cnc3Oc3cccc(-c4ccc(CCCN5CC(C)NC(C)C5)cc4)c3)CC2)n[nH]1. The number of rotatable bonds is 11. The maximum atomic E-state index is 14.3. The highest BCUT2D eigenvalue weighted by atomic mass is 19.1. The van der Waals surface area contributed by atoms with E-state index in [2.05, 4.69) is 74.1 Å². The lowest BCUT2D eigenvalue weighted by Gasteiger charge is -2.36. The van der Waals surface area contributed by atoms with Gasteiger partial charge in [0.05, 0.1) is 6.20 Å². The molecule has 1 saturated carbocycles. The third-order valence-electron chi connectivity index (χ3n) is 9.31. The molecule has 3 heterocycles. The molecule has 258 valence electrons. The van der Waals surface area contributed by atoms with Crippen molar-refractivity contribution in [3.8, 4) is 22.8 Å². The fourth-order valence-corrected chi connectivity index (χ4v) is 6.95. The molecule has 2 unspecified atom stereocenters. The van der Waals surface area contributed by atoms with Gasteiger partial charge < -0.3 is 25.6 Å². The molecule has 49 heavy (non-hydrogen) atoms. The molecular formula is C38H46FN7O3. The van der Waals surface area contributed by atoms with Crippen LogP contribution >= 0.6 is 0 Å². The van der Waals surface area contributed by atoms with Crippen LogP contribution in [0.4, 0.5) is 4.39 Å². The quantitative estimate of drug-likeness (QED) is 0.160. The normalized spacial score (nSPS) is 21.2. The number of piperazine rings is 1. The van der Waals surface area contributed by atoms with E-state index in [1.54, 1.807) is 12.1 Å². The van der Waals surface area contributed by atoms with Gasteiger partial charge in [-0.15, -0.1) is 0 Å². The highest BCUT2D eigenvalue weighted by molar-refractivity contribution is 5.96. The second kappa shape index (κ2) is 15.7. The Morgan fingerprint density at radius 3 is 2.29 bits per heavy atom. The van der Waals surface area contributed by atoms with E-state index in [0.717, 1.165) is 61.6 Å². The summed E-state index contributed by atoms with van der Waals surface area (Å²) in [6.45, 7) is 9.63. The smallest absolute Gasteiger partial charge is 0.271 e. The molecule has 4 aromatic rings. The first-order valence-electron chi connectivity index (χ1n) is 17.3. The number of amides is 2. The lowest BCUT2D eigenvalue weighted by Crippen LogP contribution is -2.54. The number of hydrogen-bond donors (Lipinski definition) is 4. The maximum Gasteiger partial charge on any atom is 0.271 e. The van der Waals surface area contributed by atoms with Crippen LogP contribution < -0.4 is 20.7 Å². The Morgan fingerprint density at radius 2 is 1.61 bits per heavy atom. The molecule has 0 bridgehead atoms. The summed E-state index contributed by atoms with van der Waals surface area (Å²) in [5.41, 5.74) is 4.54. The second-order valence-electron chi connectivity index (χ2n) is 13.6. The molecule has 1 aliphatic carbocycles. The number of carbonyl (C=O) groups excluding carboxylic acids is 2. The number of H-pyrrole nitrogens is 1. The first-order chi connectivity index (χ1) is 23.7. The number of nitrogens with zero attached hydrogens (tertiary/aromatic N) is 3. The van der Waals surface area contributed by atoms with E-state index in [0.29, 0.717) is 49.2 Å². The number of aromatic nitrogens is 3. The molecule has 2 aromatic heterocycles. The van der Waals surface area contributed by atoms with Gasteiger partial charge in [0, 0.05) is 43.0 Å². The molecule has 6 rings (SSSR count). The van der Waals surface area contributed by atoms with Crippen LogP contribution in [0.1, 0.15) is 78.1 Å². The minimum Gasteiger partial charge on any atom is -0.438 e. The van der Waals surface area contributed by atoms with Crippen LogP contribution in [-0.4, -0.2) is 75.7 Å². The van der Waals surface area contributed by atoms with Gasteiger partial charge in [-0.25, -0.2) is 9.37 Å². The Balaban J connectivity index is 1.03. The van der Waals surface area contributed by atoms with Gasteiger partial charge in [-0.2, -0.15) is 5.10 Å². The molecule has 2 aromatic carbocycles. The van der Waals surface area contributed by atoms with Gasteiger partial charge in [-0.05, 0) is 107 Å². The zero-order valence-corrected chi connectivity index (χ0v) is 28.5. The summed E-state index contributed by atoms with van der Waals surface area (Å²) in [6, 6.07) is 20.0. The van der Waals surface area contributed by atoms with Gasteiger partial charge in [0.15, 0.2) is 0 Å². The molecule has 11 heteroatoms. The molecule has 2 amide bonds. The molecule has 10 nitrogen and oxygen atoms in total. The van der Waals surface area contributed by atoms with E-state index in [1.807, 2.05) is 25.1 Å². The molecule has 0 radical (unpaired) electrons. The van der Waals surface area contributed by atoms with Crippen LogP contribution in [0.25, 0.3) is 11.1 Å². The van der Waals surface area contributed by atoms with E-state index in [1.165, 1.54) is 5.56 Å². The van der Waals surface area contributed by atoms with Gasteiger partial charge in [-0.1, -0.05) is 36.4 Å². The average Bonchev–Trinajstić information content (AvgIpc) is 3.53. The summed E-state index contributed by atoms with van der Waals surface area (Å²) in [5, 5.41) is 16.4. The highest BCUT2D eigenvalue weighted by Crippen LogP contribution is 2.29. The van der Waals surface area contributed by atoms with Crippen molar-refractivity contribution in [3.05, 3.63) is 95.2 Å². The summed E-state index contributed by atoms with van der Waals surface area (Å²) in [5.74, 6) is -0.753. The van der Waals surface area contributed by atoms with E-state index in [-0.39, 0.29) is 29.4 Å². The zero-order chi connectivity index (χ0) is 34.3. The Morgan fingerprint density at radius 1 is 0.918 bits per heavy atom. The van der Waals surface area contributed by atoms with Gasteiger partial charge in [0.2, 0.25) is 5.88 Å². The standard InChI is InChI=1S/C38H46FN7O3/c1-24-18-35(45-44-24)37(48)43-32-15-13-31(14-16-32)42-36(47)34-20-30(39)21-40-38(34)49-33-8-4-7-29(19-33)28-11-9-27(10-12-28)6-5-17-46-22-25(2)41-26(3)23-46/h4,7-12,18-21,25-26,31-32,41H,5-6,13-17,22-23H2,1-3H3,(H,42,47)(H,43,48)(H,44,45). The minimum absolute atomic E-state index is 0.00807. The number of pyridine rings is 1. The molecule has 1 aliphatic heterocycles. The van der Waals surface area contributed by atoms with E-state index in [9.17, 15) is 14.0 Å². The number of hydrogen-bond acceptors (Lipinski definition) is 7. The number of halogens is 1.